The average Bonchev–Trinajstić information content (AvgIpc) is 3.31. The van der Waals surface area contributed by atoms with Crippen molar-refractivity contribution in [3.05, 3.63) is 11.9 Å². The summed E-state index contributed by atoms with van der Waals surface area (Å²) in [6.45, 7) is 5.10. The third-order valence-corrected chi connectivity index (χ3v) is 9.43. The van der Waals surface area contributed by atoms with Crippen LogP contribution in [0.25, 0.3) is 0 Å². The number of nitrogens with zero attached hydrogens (tertiary/aromatic N) is 4. The number of aromatic nitrogens is 3. The number of morpholine rings is 1. The van der Waals surface area contributed by atoms with Crippen LogP contribution in [0.3, 0.4) is 0 Å². The third kappa shape index (κ3) is 3.69. The van der Waals surface area contributed by atoms with E-state index in [1.54, 1.807) is 0 Å². The summed E-state index contributed by atoms with van der Waals surface area (Å²) in [6, 6.07) is 0. The summed E-state index contributed by atoms with van der Waals surface area (Å²) < 4.78 is 7.67. The zero-order chi connectivity index (χ0) is 21.6. The molecule has 6 aliphatic rings. The summed E-state index contributed by atoms with van der Waals surface area (Å²) in [7, 11) is 0. The predicted molar refractivity (Wildman–Crippen MR) is 121 cm³/mol. The van der Waals surface area contributed by atoms with Gasteiger partial charge in [0.25, 0.3) is 0 Å². The topological polar surface area (TPSA) is 72.3 Å². The van der Waals surface area contributed by atoms with Crippen LogP contribution in [0.15, 0.2) is 6.20 Å². The highest BCUT2D eigenvalue weighted by atomic mass is 16.5. The zero-order valence-corrected chi connectivity index (χ0v) is 19.4. The van der Waals surface area contributed by atoms with Gasteiger partial charge >= 0.3 is 0 Å². The Hall–Kier alpha value is -1.47. The molecule has 6 fully saturated rings. The van der Waals surface area contributed by atoms with Crippen molar-refractivity contribution in [3.8, 4) is 0 Å². The molecule has 1 amide bonds. The second-order valence-corrected chi connectivity index (χ2v) is 11.5. The van der Waals surface area contributed by atoms with Crippen molar-refractivity contribution in [1.29, 1.82) is 0 Å². The number of ether oxygens (including phenoxy) is 1. The summed E-state index contributed by atoms with van der Waals surface area (Å²) in [5, 5.41) is 12.7. The first-order chi connectivity index (χ1) is 15.7. The molecule has 5 saturated carbocycles. The predicted octanol–water partition coefficient (Wildman–Crippen LogP) is 2.85. The fraction of sp³-hybridized carbons (Fsp3) is 0.880. The van der Waals surface area contributed by atoms with Crippen LogP contribution in [0.2, 0.25) is 0 Å². The van der Waals surface area contributed by atoms with Crippen molar-refractivity contribution in [2.75, 3.05) is 39.4 Å². The second kappa shape index (κ2) is 8.39. The van der Waals surface area contributed by atoms with Crippen LogP contribution in [0.5, 0.6) is 0 Å². The minimum absolute atomic E-state index is 0.169. The zero-order valence-electron chi connectivity index (χ0n) is 19.4. The van der Waals surface area contributed by atoms with Crippen LogP contribution in [0.4, 0.5) is 0 Å². The average molecular weight is 442 g/mol. The van der Waals surface area contributed by atoms with Crippen LogP contribution in [0, 0.1) is 17.8 Å². The number of amides is 1. The quantitative estimate of drug-likeness (QED) is 0.735. The molecule has 1 aliphatic heterocycles. The molecule has 4 bridgehead atoms. The van der Waals surface area contributed by atoms with E-state index in [2.05, 4.69) is 21.1 Å². The van der Waals surface area contributed by atoms with E-state index >= 15 is 0 Å². The van der Waals surface area contributed by atoms with Gasteiger partial charge in [0.1, 0.15) is 0 Å². The van der Waals surface area contributed by atoms with E-state index in [0.717, 1.165) is 82.0 Å². The molecular weight excluding hydrogens is 402 g/mol. The molecule has 5 aliphatic carbocycles. The van der Waals surface area contributed by atoms with Gasteiger partial charge in [-0.3, -0.25) is 9.69 Å². The summed E-state index contributed by atoms with van der Waals surface area (Å²) in [6.07, 6.45) is 15.5. The van der Waals surface area contributed by atoms with Crippen molar-refractivity contribution < 1.29 is 9.53 Å². The lowest BCUT2D eigenvalue weighted by molar-refractivity contribution is -0.128. The Labute approximate surface area is 191 Å². The lowest BCUT2D eigenvalue weighted by atomic mass is 9.53. The summed E-state index contributed by atoms with van der Waals surface area (Å²) in [5.74, 6) is 2.80. The fourth-order valence-electron chi connectivity index (χ4n) is 8.14. The molecule has 1 saturated heterocycles. The summed E-state index contributed by atoms with van der Waals surface area (Å²) in [4.78, 5) is 16.0. The maximum absolute atomic E-state index is 13.6. The molecule has 7 nitrogen and oxygen atoms in total. The molecule has 2 heterocycles. The first-order valence-corrected chi connectivity index (χ1v) is 13.2. The number of carbonyl (C=O) groups excluding carboxylic acids is 1. The minimum Gasteiger partial charge on any atom is -0.379 e. The van der Waals surface area contributed by atoms with Gasteiger partial charge in [-0.25, -0.2) is 4.68 Å². The van der Waals surface area contributed by atoms with Gasteiger partial charge in [-0.2, -0.15) is 0 Å². The highest BCUT2D eigenvalue weighted by Gasteiger charge is 2.53. The van der Waals surface area contributed by atoms with Crippen LogP contribution in [-0.4, -0.2) is 65.2 Å². The van der Waals surface area contributed by atoms with Gasteiger partial charge in [0.05, 0.1) is 36.1 Å². The third-order valence-electron chi connectivity index (χ3n) is 9.43. The molecule has 176 valence electrons. The van der Waals surface area contributed by atoms with Crippen molar-refractivity contribution >= 4 is 5.91 Å². The van der Waals surface area contributed by atoms with Gasteiger partial charge in [0.2, 0.25) is 5.91 Å². The lowest BCUT2D eigenvalue weighted by Crippen LogP contribution is -2.52. The Bertz CT molecular complexity index is 789. The number of hydrogen-bond donors (Lipinski definition) is 1. The van der Waals surface area contributed by atoms with E-state index in [-0.39, 0.29) is 11.4 Å². The molecule has 1 N–H and O–H groups in total. The molecule has 1 aromatic rings. The molecule has 0 unspecified atom stereocenters. The van der Waals surface area contributed by atoms with Crippen molar-refractivity contribution in [2.24, 2.45) is 17.8 Å². The van der Waals surface area contributed by atoms with Gasteiger partial charge in [-0.05, 0) is 69.1 Å². The second-order valence-electron chi connectivity index (χ2n) is 11.5. The van der Waals surface area contributed by atoms with Crippen molar-refractivity contribution in [3.63, 3.8) is 0 Å². The van der Waals surface area contributed by atoms with Crippen molar-refractivity contribution in [2.45, 2.75) is 81.6 Å². The molecule has 0 radical (unpaired) electrons. The molecular formula is C25H39N5O2. The molecule has 0 aromatic carbocycles. The molecule has 0 atom stereocenters. The van der Waals surface area contributed by atoms with Gasteiger partial charge in [0.15, 0.2) is 0 Å². The van der Waals surface area contributed by atoms with Crippen LogP contribution in [0.1, 0.15) is 76.3 Å². The van der Waals surface area contributed by atoms with Gasteiger partial charge in [0, 0.05) is 26.2 Å². The van der Waals surface area contributed by atoms with Crippen LogP contribution >= 0.6 is 0 Å². The molecule has 1 aromatic heterocycles. The minimum atomic E-state index is -0.496. The normalized spacial score (nSPS) is 36.3. The van der Waals surface area contributed by atoms with Gasteiger partial charge in [-0.1, -0.05) is 24.5 Å². The van der Waals surface area contributed by atoms with E-state index in [1.807, 2.05) is 0 Å². The molecule has 0 spiro atoms. The smallest absolute Gasteiger partial charge is 0.232 e. The maximum Gasteiger partial charge on any atom is 0.232 e. The number of nitrogens with one attached hydrogen (secondary N) is 1. The van der Waals surface area contributed by atoms with E-state index in [0.29, 0.717) is 6.54 Å². The Kier molecular flexibility index (Phi) is 5.53. The summed E-state index contributed by atoms with van der Waals surface area (Å²) in [5.41, 5.74) is 0.601. The van der Waals surface area contributed by atoms with Crippen LogP contribution in [-0.2, 0) is 20.5 Å². The van der Waals surface area contributed by atoms with E-state index in [1.165, 1.54) is 44.9 Å². The first-order valence-electron chi connectivity index (χ1n) is 13.2. The SMILES string of the molecule is O=C(NCCN1CCOCC1)C1(c2cn(C34CC5CC(CC(C5)C3)C4)nn2)CCCCC1. The highest BCUT2D eigenvalue weighted by molar-refractivity contribution is 5.87. The number of hydrogen-bond acceptors (Lipinski definition) is 5. The maximum atomic E-state index is 13.6. The van der Waals surface area contributed by atoms with Crippen molar-refractivity contribution in [1.82, 2.24) is 25.2 Å². The number of carbonyl (C=O) groups is 1. The fourth-order valence-corrected chi connectivity index (χ4v) is 8.14. The molecule has 7 heteroatoms. The Morgan fingerprint density at radius 3 is 2.34 bits per heavy atom. The Balaban J connectivity index is 1.19. The molecule has 32 heavy (non-hydrogen) atoms. The number of rotatable bonds is 6. The Morgan fingerprint density at radius 2 is 1.69 bits per heavy atom. The monoisotopic (exact) mass is 441 g/mol. The van der Waals surface area contributed by atoms with Gasteiger partial charge < -0.3 is 10.1 Å². The van der Waals surface area contributed by atoms with E-state index < -0.39 is 5.41 Å². The molecule has 7 rings (SSSR count). The lowest BCUT2D eigenvalue weighted by Gasteiger charge is -2.56. The van der Waals surface area contributed by atoms with Gasteiger partial charge in [-0.15, -0.1) is 5.10 Å². The van der Waals surface area contributed by atoms with E-state index in [9.17, 15) is 4.79 Å². The standard InChI is InChI=1S/C25H39N5O2/c31-23(26-6-7-29-8-10-32-11-9-29)25(4-2-1-3-5-25)22-18-30(28-27-22)24-15-19-12-20(16-24)14-21(13-19)17-24/h18-21H,1-17H2,(H,26,31). The van der Waals surface area contributed by atoms with Crippen LogP contribution < -0.4 is 5.32 Å². The Morgan fingerprint density at radius 1 is 1.03 bits per heavy atom. The largest absolute Gasteiger partial charge is 0.379 e. The highest BCUT2D eigenvalue weighted by Crippen LogP contribution is 2.58. The van der Waals surface area contributed by atoms with E-state index in [4.69, 9.17) is 15.0 Å². The summed E-state index contributed by atoms with van der Waals surface area (Å²) >= 11 is 0. The first kappa shape index (κ1) is 21.1.